The number of hydrogen-bond acceptors (Lipinski definition) is 2. The van der Waals surface area contributed by atoms with E-state index in [1.165, 1.54) is 12.1 Å². The summed E-state index contributed by atoms with van der Waals surface area (Å²) in [6, 6.07) is 2.80. The van der Waals surface area contributed by atoms with E-state index in [4.69, 9.17) is 4.74 Å². The second-order valence-electron chi connectivity index (χ2n) is 4.28. The summed E-state index contributed by atoms with van der Waals surface area (Å²) in [4.78, 5) is 12.2. The van der Waals surface area contributed by atoms with Gasteiger partial charge in [-0.3, -0.25) is 4.79 Å². The number of rotatable bonds is 2. The molecule has 1 heterocycles. The van der Waals surface area contributed by atoms with Crippen molar-refractivity contribution in [3.8, 4) is 0 Å². The normalized spacial score (nSPS) is 20.1. The molecule has 0 spiro atoms. The number of aryl methyl sites for hydroxylation is 2. The Hall–Kier alpha value is -1.22. The van der Waals surface area contributed by atoms with Crippen molar-refractivity contribution in [2.75, 3.05) is 6.61 Å². The topological polar surface area (TPSA) is 26.3 Å². The first kappa shape index (κ1) is 11.3. The van der Waals surface area contributed by atoms with E-state index in [0.717, 1.165) is 12.8 Å². The first-order chi connectivity index (χ1) is 7.59. The lowest BCUT2D eigenvalue weighted by Gasteiger charge is -2.13. The van der Waals surface area contributed by atoms with Gasteiger partial charge in [-0.25, -0.2) is 4.39 Å². The number of ketones is 1. The summed E-state index contributed by atoms with van der Waals surface area (Å²) in [6.07, 6.45) is 1.37. The molecule has 2 rings (SSSR count). The molecule has 1 aliphatic heterocycles. The Morgan fingerprint density at radius 2 is 2.00 bits per heavy atom. The molecule has 2 nitrogen and oxygen atoms in total. The fourth-order valence-electron chi connectivity index (χ4n) is 2.24. The maximum Gasteiger partial charge on any atom is 0.192 e. The van der Waals surface area contributed by atoms with Crippen molar-refractivity contribution in [3.63, 3.8) is 0 Å². The van der Waals surface area contributed by atoms with Gasteiger partial charge >= 0.3 is 0 Å². The molecule has 1 aromatic carbocycles. The standard InChI is InChI=1S/C13H15FO2/c1-8-6-10(14)7-9(2)12(8)13(15)11-4-3-5-16-11/h6-7,11H,3-5H2,1-2H3. The van der Waals surface area contributed by atoms with Gasteiger partial charge < -0.3 is 4.74 Å². The van der Waals surface area contributed by atoms with Crippen molar-refractivity contribution >= 4 is 5.78 Å². The van der Waals surface area contributed by atoms with Gasteiger partial charge in [0.2, 0.25) is 0 Å². The van der Waals surface area contributed by atoms with Crippen molar-refractivity contribution in [3.05, 3.63) is 34.6 Å². The molecule has 16 heavy (non-hydrogen) atoms. The summed E-state index contributed by atoms with van der Waals surface area (Å²) in [7, 11) is 0. The fraction of sp³-hybridized carbons (Fsp3) is 0.462. The van der Waals surface area contributed by atoms with Gasteiger partial charge in [-0.15, -0.1) is 0 Å². The Labute approximate surface area is 94.4 Å². The lowest BCUT2D eigenvalue weighted by molar-refractivity contribution is 0.0641. The fourth-order valence-corrected chi connectivity index (χ4v) is 2.24. The van der Waals surface area contributed by atoms with E-state index in [2.05, 4.69) is 0 Å². The molecule has 0 radical (unpaired) electrons. The highest BCUT2D eigenvalue weighted by molar-refractivity contribution is 6.02. The van der Waals surface area contributed by atoms with Gasteiger partial charge in [0.15, 0.2) is 5.78 Å². The van der Waals surface area contributed by atoms with Crippen LogP contribution in [0.25, 0.3) is 0 Å². The number of ether oxygens (including phenoxy) is 1. The monoisotopic (exact) mass is 222 g/mol. The average molecular weight is 222 g/mol. The SMILES string of the molecule is Cc1cc(F)cc(C)c1C(=O)C1CCCO1. The molecule has 0 amide bonds. The molecule has 0 aromatic heterocycles. The van der Waals surface area contributed by atoms with Crippen molar-refractivity contribution in [2.45, 2.75) is 32.8 Å². The summed E-state index contributed by atoms with van der Waals surface area (Å²) in [6.45, 7) is 4.17. The highest BCUT2D eigenvalue weighted by atomic mass is 19.1. The molecular weight excluding hydrogens is 207 g/mol. The molecule has 1 unspecified atom stereocenters. The van der Waals surface area contributed by atoms with E-state index >= 15 is 0 Å². The third kappa shape index (κ3) is 2.00. The van der Waals surface area contributed by atoms with Crippen molar-refractivity contribution in [1.29, 1.82) is 0 Å². The molecule has 0 N–H and O–H groups in total. The third-order valence-electron chi connectivity index (χ3n) is 2.97. The minimum atomic E-state index is -0.331. The second kappa shape index (κ2) is 4.34. The van der Waals surface area contributed by atoms with Crippen LogP contribution < -0.4 is 0 Å². The Morgan fingerprint density at radius 1 is 1.38 bits per heavy atom. The van der Waals surface area contributed by atoms with Crippen LogP contribution in [-0.2, 0) is 4.74 Å². The predicted octanol–water partition coefficient (Wildman–Crippen LogP) is 2.80. The zero-order valence-corrected chi connectivity index (χ0v) is 9.55. The van der Waals surface area contributed by atoms with E-state index in [-0.39, 0.29) is 17.7 Å². The summed E-state index contributed by atoms with van der Waals surface area (Å²) in [5, 5.41) is 0. The van der Waals surface area contributed by atoms with Gasteiger partial charge in [-0.1, -0.05) is 0 Å². The number of carbonyl (C=O) groups excluding carboxylic acids is 1. The Morgan fingerprint density at radius 3 is 2.50 bits per heavy atom. The lowest BCUT2D eigenvalue weighted by atomic mass is 9.95. The van der Waals surface area contributed by atoms with Crippen LogP contribution in [0, 0.1) is 19.7 Å². The Kier molecular flexibility index (Phi) is 3.06. The molecule has 0 aliphatic carbocycles. The van der Waals surface area contributed by atoms with Crippen LogP contribution in [0.1, 0.15) is 34.3 Å². The van der Waals surface area contributed by atoms with Crippen LogP contribution in [0.5, 0.6) is 0 Å². The van der Waals surface area contributed by atoms with Gasteiger partial charge in [0.1, 0.15) is 11.9 Å². The second-order valence-corrected chi connectivity index (χ2v) is 4.28. The molecule has 3 heteroatoms. The van der Waals surface area contributed by atoms with Gasteiger partial charge in [0.25, 0.3) is 0 Å². The highest BCUT2D eigenvalue weighted by Crippen LogP contribution is 2.22. The number of hydrogen-bond donors (Lipinski definition) is 0. The molecule has 1 aromatic rings. The van der Waals surface area contributed by atoms with Crippen LogP contribution in [0.15, 0.2) is 12.1 Å². The van der Waals surface area contributed by atoms with Gasteiger partial charge in [0, 0.05) is 12.2 Å². The smallest absolute Gasteiger partial charge is 0.192 e. The first-order valence-corrected chi connectivity index (χ1v) is 5.52. The van der Waals surface area contributed by atoms with E-state index in [9.17, 15) is 9.18 Å². The van der Waals surface area contributed by atoms with Gasteiger partial charge in [-0.2, -0.15) is 0 Å². The molecule has 0 saturated carbocycles. The van der Waals surface area contributed by atoms with Crippen LogP contribution >= 0.6 is 0 Å². The zero-order valence-electron chi connectivity index (χ0n) is 9.55. The number of carbonyl (C=O) groups is 1. The minimum absolute atomic E-state index is 0.00694. The minimum Gasteiger partial charge on any atom is -0.370 e. The van der Waals surface area contributed by atoms with Crippen LogP contribution in [-0.4, -0.2) is 18.5 Å². The molecule has 1 saturated heterocycles. The van der Waals surface area contributed by atoms with Gasteiger partial charge in [-0.05, 0) is 49.9 Å². The zero-order chi connectivity index (χ0) is 11.7. The highest BCUT2D eigenvalue weighted by Gasteiger charge is 2.27. The molecule has 86 valence electrons. The Bertz CT molecular complexity index is 397. The first-order valence-electron chi connectivity index (χ1n) is 5.52. The lowest BCUT2D eigenvalue weighted by Crippen LogP contribution is -2.21. The summed E-state index contributed by atoms with van der Waals surface area (Å²) < 4.78 is 18.5. The van der Waals surface area contributed by atoms with Crippen LogP contribution in [0.3, 0.4) is 0 Å². The van der Waals surface area contributed by atoms with Crippen molar-refractivity contribution < 1.29 is 13.9 Å². The van der Waals surface area contributed by atoms with Crippen LogP contribution in [0.2, 0.25) is 0 Å². The summed E-state index contributed by atoms with van der Waals surface area (Å²) in [5.74, 6) is -0.300. The Balaban J connectivity index is 2.35. The molecule has 1 aliphatic rings. The molecule has 0 bridgehead atoms. The third-order valence-corrected chi connectivity index (χ3v) is 2.97. The van der Waals surface area contributed by atoms with Crippen molar-refractivity contribution in [2.24, 2.45) is 0 Å². The summed E-state index contributed by atoms with van der Waals surface area (Å²) in [5.41, 5.74) is 2.00. The van der Waals surface area contributed by atoms with Gasteiger partial charge in [0.05, 0.1) is 0 Å². The van der Waals surface area contributed by atoms with E-state index in [1.807, 2.05) is 0 Å². The summed E-state index contributed by atoms with van der Waals surface area (Å²) >= 11 is 0. The number of halogens is 1. The average Bonchev–Trinajstić information content (AvgIpc) is 2.67. The maximum atomic E-state index is 13.1. The van der Waals surface area contributed by atoms with Crippen molar-refractivity contribution in [1.82, 2.24) is 0 Å². The number of benzene rings is 1. The molecule has 1 fully saturated rings. The van der Waals surface area contributed by atoms with E-state index < -0.39 is 0 Å². The van der Waals surface area contributed by atoms with E-state index in [0.29, 0.717) is 23.3 Å². The van der Waals surface area contributed by atoms with Crippen LogP contribution in [0.4, 0.5) is 4.39 Å². The predicted molar refractivity (Wildman–Crippen MR) is 59.2 cm³/mol. The van der Waals surface area contributed by atoms with E-state index in [1.54, 1.807) is 13.8 Å². The quantitative estimate of drug-likeness (QED) is 0.719. The number of Topliss-reactive ketones (excluding diaryl/α,β-unsaturated/α-hetero) is 1. The molecule has 1 atom stereocenters. The molecular formula is C13H15FO2. The largest absolute Gasteiger partial charge is 0.370 e. The maximum absolute atomic E-state index is 13.1.